The number of rotatable bonds is 6. The van der Waals surface area contributed by atoms with E-state index in [0.717, 1.165) is 18.6 Å². The van der Waals surface area contributed by atoms with Gasteiger partial charge in [0.15, 0.2) is 15.4 Å². The number of nitrogens with zero attached hydrogens (tertiary/aromatic N) is 1. The standard InChI is InChI=1S/C23H22ClF3N2O4S/c24-17-9-7-16(8-10-17)22(31,14-34(32,33)19-4-2-1-3-5-19)21(30)29-18-11-6-15(13-28)20(12-18)23(25,26)27/h6-12,19,31H,1-5,14H2,(H,29,30). The van der Waals surface area contributed by atoms with Gasteiger partial charge in [0.2, 0.25) is 0 Å². The molecule has 0 heterocycles. The van der Waals surface area contributed by atoms with Crippen molar-refractivity contribution in [2.24, 2.45) is 0 Å². The molecule has 0 radical (unpaired) electrons. The Morgan fingerprint density at radius 2 is 1.74 bits per heavy atom. The van der Waals surface area contributed by atoms with E-state index < -0.39 is 49.7 Å². The van der Waals surface area contributed by atoms with Crippen molar-refractivity contribution in [2.45, 2.75) is 49.1 Å². The SMILES string of the molecule is N#Cc1ccc(NC(=O)C(O)(CS(=O)(=O)C2CCCCC2)c2ccc(Cl)cc2)cc1C(F)(F)F. The number of amides is 1. The highest BCUT2D eigenvalue weighted by atomic mass is 35.5. The third-order valence-electron chi connectivity index (χ3n) is 5.87. The first-order valence-corrected chi connectivity index (χ1v) is 12.6. The van der Waals surface area contributed by atoms with E-state index in [4.69, 9.17) is 16.9 Å². The van der Waals surface area contributed by atoms with Crippen LogP contribution in [0.4, 0.5) is 18.9 Å². The van der Waals surface area contributed by atoms with Crippen molar-refractivity contribution >= 4 is 33.0 Å². The van der Waals surface area contributed by atoms with Gasteiger partial charge >= 0.3 is 6.18 Å². The van der Waals surface area contributed by atoms with Crippen LogP contribution in [0, 0.1) is 11.3 Å². The fourth-order valence-electron chi connectivity index (χ4n) is 4.03. The molecule has 1 unspecified atom stereocenters. The van der Waals surface area contributed by atoms with Gasteiger partial charge in [0.05, 0.1) is 28.2 Å². The van der Waals surface area contributed by atoms with Crippen molar-refractivity contribution in [2.75, 3.05) is 11.1 Å². The van der Waals surface area contributed by atoms with Crippen LogP contribution in [-0.4, -0.2) is 30.4 Å². The van der Waals surface area contributed by atoms with E-state index in [0.29, 0.717) is 31.7 Å². The average Bonchev–Trinajstić information content (AvgIpc) is 2.79. The predicted octanol–water partition coefficient (Wildman–Crippen LogP) is 4.80. The van der Waals surface area contributed by atoms with E-state index in [9.17, 15) is 31.5 Å². The minimum atomic E-state index is -4.86. The molecule has 2 aromatic rings. The lowest BCUT2D eigenvalue weighted by Gasteiger charge is -2.30. The topological polar surface area (TPSA) is 107 Å². The highest BCUT2D eigenvalue weighted by Crippen LogP contribution is 2.35. The fourth-order valence-corrected chi connectivity index (χ4v) is 6.32. The summed E-state index contributed by atoms with van der Waals surface area (Å²) in [7, 11) is -3.95. The lowest BCUT2D eigenvalue weighted by atomic mass is 9.94. The zero-order chi connectivity index (χ0) is 25.1. The van der Waals surface area contributed by atoms with Gasteiger partial charge in [-0.3, -0.25) is 4.79 Å². The molecule has 1 aliphatic rings. The van der Waals surface area contributed by atoms with Gasteiger partial charge in [0, 0.05) is 10.7 Å². The van der Waals surface area contributed by atoms with Crippen LogP contribution in [0.15, 0.2) is 42.5 Å². The van der Waals surface area contributed by atoms with Crippen molar-refractivity contribution in [3.8, 4) is 6.07 Å². The van der Waals surface area contributed by atoms with Crippen molar-refractivity contribution in [3.05, 3.63) is 64.2 Å². The van der Waals surface area contributed by atoms with Crippen molar-refractivity contribution in [1.82, 2.24) is 0 Å². The van der Waals surface area contributed by atoms with Gasteiger partial charge in [0.1, 0.15) is 0 Å². The first-order chi connectivity index (χ1) is 15.9. The Hall–Kier alpha value is -2.61. The monoisotopic (exact) mass is 514 g/mol. The molecule has 182 valence electrons. The molecule has 11 heteroatoms. The summed E-state index contributed by atoms with van der Waals surface area (Å²) in [5.41, 5.74) is -4.92. The number of nitrogens with one attached hydrogen (secondary N) is 1. The van der Waals surface area contributed by atoms with Crippen LogP contribution in [-0.2, 0) is 26.4 Å². The first-order valence-electron chi connectivity index (χ1n) is 10.5. The summed E-state index contributed by atoms with van der Waals surface area (Å²) in [6.07, 6.45) is -1.73. The quantitative estimate of drug-likeness (QED) is 0.575. The second-order valence-electron chi connectivity index (χ2n) is 8.26. The molecule has 0 saturated heterocycles. The van der Waals surface area contributed by atoms with Crippen LogP contribution in [0.25, 0.3) is 0 Å². The molecular weight excluding hydrogens is 493 g/mol. The molecule has 1 fully saturated rings. The summed E-state index contributed by atoms with van der Waals surface area (Å²) in [4.78, 5) is 13.2. The maximum atomic E-state index is 13.3. The summed E-state index contributed by atoms with van der Waals surface area (Å²) < 4.78 is 66.2. The van der Waals surface area contributed by atoms with Crippen LogP contribution in [0.3, 0.4) is 0 Å². The largest absolute Gasteiger partial charge is 0.417 e. The normalized spacial score (nSPS) is 16.9. The molecular formula is C23H22ClF3N2O4S. The van der Waals surface area contributed by atoms with Gasteiger partial charge in [-0.2, -0.15) is 18.4 Å². The lowest BCUT2D eigenvalue weighted by Crippen LogP contribution is -2.48. The maximum absolute atomic E-state index is 13.3. The lowest BCUT2D eigenvalue weighted by molar-refractivity contribution is -0.138. The molecule has 34 heavy (non-hydrogen) atoms. The molecule has 1 aliphatic carbocycles. The molecule has 0 aliphatic heterocycles. The van der Waals surface area contributed by atoms with Crippen LogP contribution < -0.4 is 5.32 Å². The average molecular weight is 515 g/mol. The third kappa shape index (κ3) is 5.71. The Morgan fingerprint density at radius 3 is 2.29 bits per heavy atom. The Bertz CT molecular complexity index is 1200. The van der Waals surface area contributed by atoms with E-state index in [-0.39, 0.29) is 16.3 Å². The molecule has 0 aromatic heterocycles. The van der Waals surface area contributed by atoms with Crippen molar-refractivity contribution < 1.29 is 31.5 Å². The summed E-state index contributed by atoms with van der Waals surface area (Å²) in [5, 5.41) is 22.1. The second-order valence-corrected chi connectivity index (χ2v) is 11.0. The van der Waals surface area contributed by atoms with Crippen LogP contribution in [0.5, 0.6) is 0 Å². The van der Waals surface area contributed by atoms with Gasteiger partial charge in [-0.05, 0) is 48.7 Å². The van der Waals surface area contributed by atoms with Gasteiger partial charge < -0.3 is 10.4 Å². The van der Waals surface area contributed by atoms with Gasteiger partial charge in [-0.25, -0.2) is 8.42 Å². The third-order valence-corrected chi connectivity index (χ3v) is 8.43. The maximum Gasteiger partial charge on any atom is 0.417 e. The molecule has 1 saturated carbocycles. The van der Waals surface area contributed by atoms with Gasteiger partial charge in [-0.1, -0.05) is 43.0 Å². The van der Waals surface area contributed by atoms with Crippen molar-refractivity contribution in [3.63, 3.8) is 0 Å². The number of anilines is 1. The highest BCUT2D eigenvalue weighted by molar-refractivity contribution is 7.92. The molecule has 2 aromatic carbocycles. The summed E-state index contributed by atoms with van der Waals surface area (Å²) in [6.45, 7) is 0. The van der Waals surface area contributed by atoms with Gasteiger partial charge in [0.25, 0.3) is 5.91 Å². The van der Waals surface area contributed by atoms with Crippen LogP contribution >= 0.6 is 11.6 Å². The Labute approximate surface area is 200 Å². The Kier molecular flexibility index (Phi) is 7.60. The number of alkyl halides is 3. The minimum Gasteiger partial charge on any atom is -0.374 e. The van der Waals surface area contributed by atoms with E-state index >= 15 is 0 Å². The molecule has 1 atom stereocenters. The zero-order valence-electron chi connectivity index (χ0n) is 17.9. The first kappa shape index (κ1) is 26.0. The summed E-state index contributed by atoms with van der Waals surface area (Å²) in [5.74, 6) is -2.16. The number of carbonyl (C=O) groups is 1. The summed E-state index contributed by atoms with van der Waals surface area (Å²) in [6, 6.07) is 9.28. The van der Waals surface area contributed by atoms with Crippen LogP contribution in [0.1, 0.15) is 48.8 Å². The summed E-state index contributed by atoms with van der Waals surface area (Å²) >= 11 is 5.88. The Morgan fingerprint density at radius 1 is 1.12 bits per heavy atom. The smallest absolute Gasteiger partial charge is 0.374 e. The number of carbonyl (C=O) groups excluding carboxylic acids is 1. The number of aliphatic hydroxyl groups is 1. The van der Waals surface area contributed by atoms with E-state index in [1.165, 1.54) is 30.3 Å². The highest BCUT2D eigenvalue weighted by Gasteiger charge is 2.45. The number of benzene rings is 2. The Balaban J connectivity index is 1.99. The minimum absolute atomic E-state index is 0.0709. The van der Waals surface area contributed by atoms with Crippen molar-refractivity contribution in [1.29, 1.82) is 5.26 Å². The second kappa shape index (κ2) is 9.94. The zero-order valence-corrected chi connectivity index (χ0v) is 19.5. The molecule has 0 bridgehead atoms. The molecule has 3 rings (SSSR count). The number of sulfone groups is 1. The molecule has 2 N–H and O–H groups in total. The number of hydrogen-bond acceptors (Lipinski definition) is 5. The predicted molar refractivity (Wildman–Crippen MR) is 121 cm³/mol. The number of nitriles is 1. The van der Waals surface area contributed by atoms with E-state index in [1.54, 1.807) is 0 Å². The molecule has 6 nitrogen and oxygen atoms in total. The number of hydrogen-bond donors (Lipinski definition) is 2. The molecule has 1 amide bonds. The number of halogens is 4. The van der Waals surface area contributed by atoms with Crippen LogP contribution in [0.2, 0.25) is 5.02 Å². The fraction of sp³-hybridized carbons (Fsp3) is 0.391. The van der Waals surface area contributed by atoms with E-state index in [1.807, 2.05) is 0 Å². The molecule has 0 spiro atoms. The van der Waals surface area contributed by atoms with Gasteiger partial charge in [-0.15, -0.1) is 0 Å². The van der Waals surface area contributed by atoms with E-state index in [2.05, 4.69) is 5.32 Å².